The fourth-order valence-corrected chi connectivity index (χ4v) is 2.34. The number of oxazole rings is 1. The van der Waals surface area contributed by atoms with Gasteiger partial charge >= 0.3 is 0 Å². The van der Waals surface area contributed by atoms with Crippen LogP contribution in [0.4, 0.5) is 5.69 Å². The first-order chi connectivity index (χ1) is 12.0. The molecule has 0 bridgehead atoms. The van der Waals surface area contributed by atoms with Gasteiger partial charge in [0, 0.05) is 18.2 Å². The van der Waals surface area contributed by atoms with Gasteiger partial charge in [-0.3, -0.25) is 4.79 Å². The highest BCUT2D eigenvalue weighted by Crippen LogP contribution is 2.21. The van der Waals surface area contributed by atoms with Gasteiger partial charge in [-0.05, 0) is 38.1 Å². The van der Waals surface area contributed by atoms with Gasteiger partial charge in [0.15, 0.2) is 12.0 Å². The largest absolute Gasteiger partial charge is 0.481 e. The molecule has 1 heterocycles. The Labute approximate surface area is 146 Å². The van der Waals surface area contributed by atoms with E-state index in [1.54, 1.807) is 20.1 Å². The lowest BCUT2D eigenvalue weighted by molar-refractivity contribution is -0.122. The highest BCUT2D eigenvalue weighted by molar-refractivity contribution is 5.94. The molecule has 3 rings (SSSR count). The minimum absolute atomic E-state index is 0.203. The summed E-state index contributed by atoms with van der Waals surface area (Å²) in [6.45, 7) is 5.53. The van der Waals surface area contributed by atoms with E-state index in [4.69, 9.17) is 9.15 Å². The molecule has 0 fully saturated rings. The van der Waals surface area contributed by atoms with E-state index in [2.05, 4.69) is 10.3 Å². The normalized spacial score (nSPS) is 11.8. The lowest BCUT2D eigenvalue weighted by atomic mass is 10.1. The minimum atomic E-state index is -0.597. The average Bonchev–Trinajstić information content (AvgIpc) is 3.04. The molecule has 1 amide bonds. The summed E-state index contributed by atoms with van der Waals surface area (Å²) in [4.78, 5) is 16.6. The van der Waals surface area contributed by atoms with Crippen molar-refractivity contribution in [2.24, 2.45) is 0 Å². The van der Waals surface area contributed by atoms with E-state index < -0.39 is 6.10 Å². The first kappa shape index (κ1) is 16.8. The second-order valence-corrected chi connectivity index (χ2v) is 5.89. The molecule has 0 unspecified atom stereocenters. The van der Waals surface area contributed by atoms with Gasteiger partial charge in [-0.15, -0.1) is 0 Å². The maximum atomic E-state index is 12.3. The lowest BCUT2D eigenvalue weighted by Crippen LogP contribution is -2.30. The molecule has 128 valence electrons. The van der Waals surface area contributed by atoms with Crippen LogP contribution in [-0.2, 0) is 4.79 Å². The van der Waals surface area contributed by atoms with Crippen LogP contribution in [0.15, 0.2) is 59.2 Å². The Balaban J connectivity index is 1.61. The molecule has 1 N–H and O–H groups in total. The second-order valence-electron chi connectivity index (χ2n) is 5.89. The number of ether oxygens (including phenoxy) is 1. The highest BCUT2D eigenvalue weighted by Gasteiger charge is 2.15. The second kappa shape index (κ2) is 7.21. The molecule has 0 aliphatic rings. The number of carbonyl (C=O) groups is 1. The van der Waals surface area contributed by atoms with Crippen molar-refractivity contribution >= 4 is 11.6 Å². The SMILES string of the molecule is Cc1ccc(O[C@@H](C)C(=O)Nc2ccc(-c3coc(C)n3)cc2)cc1. The Morgan fingerprint density at radius 1 is 1.08 bits per heavy atom. The molecule has 1 aromatic heterocycles. The number of anilines is 1. The average molecular weight is 336 g/mol. The van der Waals surface area contributed by atoms with Crippen LogP contribution in [0.3, 0.4) is 0 Å². The topological polar surface area (TPSA) is 64.4 Å². The van der Waals surface area contributed by atoms with Gasteiger partial charge in [-0.25, -0.2) is 4.98 Å². The summed E-state index contributed by atoms with van der Waals surface area (Å²) < 4.78 is 10.9. The molecule has 0 aliphatic heterocycles. The van der Waals surface area contributed by atoms with Crippen LogP contribution in [0.1, 0.15) is 18.4 Å². The van der Waals surface area contributed by atoms with Crippen LogP contribution in [0, 0.1) is 13.8 Å². The van der Waals surface area contributed by atoms with Crippen molar-refractivity contribution in [2.75, 3.05) is 5.32 Å². The Morgan fingerprint density at radius 3 is 2.36 bits per heavy atom. The molecule has 0 spiro atoms. The predicted molar refractivity (Wildman–Crippen MR) is 96.6 cm³/mol. The summed E-state index contributed by atoms with van der Waals surface area (Å²) in [5.74, 6) is 1.09. The third-order valence-corrected chi connectivity index (χ3v) is 3.77. The smallest absolute Gasteiger partial charge is 0.265 e. The zero-order valence-electron chi connectivity index (χ0n) is 14.4. The van der Waals surface area contributed by atoms with Gasteiger partial charge in [0.05, 0.1) is 0 Å². The Hall–Kier alpha value is -3.08. The summed E-state index contributed by atoms with van der Waals surface area (Å²) in [7, 11) is 0. The van der Waals surface area contributed by atoms with Crippen molar-refractivity contribution in [1.29, 1.82) is 0 Å². The van der Waals surface area contributed by atoms with E-state index >= 15 is 0 Å². The van der Waals surface area contributed by atoms with E-state index in [9.17, 15) is 4.79 Å². The van der Waals surface area contributed by atoms with Crippen molar-refractivity contribution in [3.05, 3.63) is 66.2 Å². The molecule has 5 heteroatoms. The quantitative estimate of drug-likeness (QED) is 0.751. The molecular formula is C20H20N2O3. The van der Waals surface area contributed by atoms with E-state index in [0.717, 1.165) is 16.8 Å². The van der Waals surface area contributed by atoms with Crippen LogP contribution in [0.5, 0.6) is 5.75 Å². The third-order valence-electron chi connectivity index (χ3n) is 3.77. The van der Waals surface area contributed by atoms with E-state index in [-0.39, 0.29) is 5.91 Å². The fourth-order valence-electron chi connectivity index (χ4n) is 2.34. The van der Waals surface area contributed by atoms with Gasteiger partial charge in [0.25, 0.3) is 5.91 Å². The van der Waals surface area contributed by atoms with Crippen molar-refractivity contribution in [3.8, 4) is 17.0 Å². The van der Waals surface area contributed by atoms with Crippen LogP contribution >= 0.6 is 0 Å². The third kappa shape index (κ3) is 4.26. The molecule has 1 atom stereocenters. The van der Waals surface area contributed by atoms with Gasteiger partial charge in [0.2, 0.25) is 0 Å². The number of amides is 1. The maximum absolute atomic E-state index is 12.3. The Kier molecular flexibility index (Phi) is 4.84. The monoisotopic (exact) mass is 336 g/mol. The Bertz CT molecular complexity index is 851. The number of rotatable bonds is 5. The summed E-state index contributed by atoms with van der Waals surface area (Å²) in [5.41, 5.74) is 3.55. The minimum Gasteiger partial charge on any atom is -0.481 e. The number of aromatic nitrogens is 1. The van der Waals surface area contributed by atoms with Crippen LogP contribution in [0.2, 0.25) is 0 Å². The summed E-state index contributed by atoms with van der Waals surface area (Å²) in [6.07, 6.45) is 1.01. The van der Waals surface area contributed by atoms with Gasteiger partial charge in [0.1, 0.15) is 17.7 Å². The fraction of sp³-hybridized carbons (Fsp3) is 0.200. The molecule has 0 aliphatic carbocycles. The van der Waals surface area contributed by atoms with Crippen LogP contribution in [-0.4, -0.2) is 17.0 Å². The van der Waals surface area contributed by atoms with Crippen molar-refractivity contribution in [3.63, 3.8) is 0 Å². The highest BCUT2D eigenvalue weighted by atomic mass is 16.5. The molecule has 2 aromatic carbocycles. The number of hydrogen-bond acceptors (Lipinski definition) is 4. The molecular weight excluding hydrogens is 316 g/mol. The van der Waals surface area contributed by atoms with Crippen LogP contribution in [0.25, 0.3) is 11.3 Å². The van der Waals surface area contributed by atoms with Gasteiger partial charge in [-0.1, -0.05) is 29.8 Å². The molecule has 3 aromatic rings. The first-order valence-electron chi connectivity index (χ1n) is 8.08. The number of hydrogen-bond donors (Lipinski definition) is 1. The number of carbonyl (C=O) groups excluding carboxylic acids is 1. The van der Waals surface area contributed by atoms with Crippen molar-refractivity contribution < 1.29 is 13.9 Å². The molecule has 5 nitrogen and oxygen atoms in total. The molecule has 0 saturated heterocycles. The summed E-state index contributed by atoms with van der Waals surface area (Å²) in [6, 6.07) is 15.0. The molecule has 0 saturated carbocycles. The molecule has 25 heavy (non-hydrogen) atoms. The number of nitrogens with one attached hydrogen (secondary N) is 1. The summed E-state index contributed by atoms with van der Waals surface area (Å²) >= 11 is 0. The predicted octanol–water partition coefficient (Wildman–Crippen LogP) is 4.36. The standard InChI is InChI=1S/C20H20N2O3/c1-13-4-10-18(11-5-13)25-14(2)20(23)22-17-8-6-16(7-9-17)19-12-24-15(3)21-19/h4-12,14H,1-3H3,(H,22,23)/t14-/m0/s1. The lowest BCUT2D eigenvalue weighted by Gasteiger charge is -2.15. The van der Waals surface area contributed by atoms with Crippen molar-refractivity contribution in [2.45, 2.75) is 26.9 Å². The van der Waals surface area contributed by atoms with E-state index in [0.29, 0.717) is 17.3 Å². The summed E-state index contributed by atoms with van der Waals surface area (Å²) in [5, 5.41) is 2.85. The Morgan fingerprint density at radius 2 is 1.76 bits per heavy atom. The van der Waals surface area contributed by atoms with Gasteiger partial charge in [-0.2, -0.15) is 0 Å². The van der Waals surface area contributed by atoms with Crippen LogP contribution < -0.4 is 10.1 Å². The zero-order chi connectivity index (χ0) is 17.8. The number of nitrogens with zero attached hydrogens (tertiary/aromatic N) is 1. The first-order valence-corrected chi connectivity index (χ1v) is 8.08. The maximum Gasteiger partial charge on any atom is 0.265 e. The van der Waals surface area contributed by atoms with E-state index in [1.807, 2.05) is 55.5 Å². The zero-order valence-corrected chi connectivity index (χ0v) is 14.4. The number of benzene rings is 2. The molecule has 0 radical (unpaired) electrons. The van der Waals surface area contributed by atoms with Crippen molar-refractivity contribution in [1.82, 2.24) is 4.98 Å². The van der Waals surface area contributed by atoms with E-state index in [1.165, 1.54) is 0 Å². The van der Waals surface area contributed by atoms with Gasteiger partial charge < -0.3 is 14.5 Å². The number of aryl methyl sites for hydroxylation is 2.